The van der Waals surface area contributed by atoms with E-state index in [4.69, 9.17) is 9.47 Å². The average molecular weight is 374 g/mol. The first-order chi connectivity index (χ1) is 13.2. The van der Waals surface area contributed by atoms with Gasteiger partial charge in [-0.2, -0.15) is 5.10 Å². The number of hydrogen-bond donors (Lipinski definition) is 2. The van der Waals surface area contributed by atoms with Gasteiger partial charge in [0.05, 0.1) is 12.6 Å². The molecule has 8 heteroatoms. The first-order valence-corrected chi connectivity index (χ1v) is 9.26. The fourth-order valence-electron chi connectivity index (χ4n) is 3.57. The number of nitrogens with zero attached hydrogens (tertiary/aromatic N) is 2. The number of hydrogen-bond acceptors (Lipinski definition) is 5. The van der Waals surface area contributed by atoms with Gasteiger partial charge in [-0.25, -0.2) is 4.39 Å². The van der Waals surface area contributed by atoms with Crippen molar-refractivity contribution in [3.63, 3.8) is 0 Å². The van der Waals surface area contributed by atoms with Crippen LogP contribution < -0.4 is 15.4 Å². The summed E-state index contributed by atoms with van der Waals surface area (Å²) in [7, 11) is 0. The van der Waals surface area contributed by atoms with E-state index >= 15 is 0 Å². The molecule has 0 aliphatic carbocycles. The van der Waals surface area contributed by atoms with Crippen LogP contribution in [0, 0.1) is 5.82 Å². The SMILES string of the molecule is O=C(NCCc1cc(F)cc2c1OCOC2)c1ccn(C2CCCNC2)n1. The lowest BCUT2D eigenvalue weighted by atomic mass is 10.1. The molecule has 2 aliphatic heterocycles. The summed E-state index contributed by atoms with van der Waals surface area (Å²) >= 11 is 0. The molecule has 27 heavy (non-hydrogen) atoms. The van der Waals surface area contributed by atoms with Crippen molar-refractivity contribution in [3.05, 3.63) is 47.0 Å². The molecule has 0 bridgehead atoms. The molecular formula is C19H23FN4O3. The standard InChI is InChI=1S/C19H23FN4O3/c20-15-8-13(18-14(9-15)11-26-12-27-18)3-6-22-19(25)17-4-7-24(23-17)16-2-1-5-21-10-16/h4,7-9,16,21H,1-3,5-6,10-12H2,(H,22,25). The first kappa shape index (κ1) is 17.9. The number of nitrogens with one attached hydrogen (secondary N) is 2. The van der Waals surface area contributed by atoms with Crippen LogP contribution in [-0.4, -0.2) is 42.1 Å². The zero-order valence-electron chi connectivity index (χ0n) is 15.0. The van der Waals surface area contributed by atoms with E-state index in [1.165, 1.54) is 12.1 Å². The number of benzene rings is 1. The van der Waals surface area contributed by atoms with E-state index in [0.29, 0.717) is 42.6 Å². The van der Waals surface area contributed by atoms with Gasteiger partial charge >= 0.3 is 0 Å². The minimum atomic E-state index is -0.330. The van der Waals surface area contributed by atoms with E-state index in [1.807, 2.05) is 10.9 Å². The zero-order valence-corrected chi connectivity index (χ0v) is 15.0. The number of aromatic nitrogens is 2. The maximum absolute atomic E-state index is 13.8. The molecule has 144 valence electrons. The maximum Gasteiger partial charge on any atom is 0.271 e. The van der Waals surface area contributed by atoms with Gasteiger partial charge in [0.15, 0.2) is 6.79 Å². The van der Waals surface area contributed by atoms with Crippen molar-refractivity contribution in [2.75, 3.05) is 26.4 Å². The van der Waals surface area contributed by atoms with Gasteiger partial charge in [0.25, 0.3) is 5.91 Å². The molecule has 1 fully saturated rings. The van der Waals surface area contributed by atoms with Gasteiger partial charge in [-0.05, 0) is 49.6 Å². The Morgan fingerprint density at radius 3 is 3.22 bits per heavy atom. The third-order valence-electron chi connectivity index (χ3n) is 4.92. The number of rotatable bonds is 5. The van der Waals surface area contributed by atoms with Crippen LogP contribution in [0.15, 0.2) is 24.4 Å². The second kappa shape index (κ2) is 8.06. The molecule has 7 nitrogen and oxygen atoms in total. The van der Waals surface area contributed by atoms with Crippen molar-refractivity contribution in [1.82, 2.24) is 20.4 Å². The quantitative estimate of drug-likeness (QED) is 0.834. The lowest BCUT2D eigenvalue weighted by molar-refractivity contribution is -0.0172. The molecule has 4 rings (SSSR count). The van der Waals surface area contributed by atoms with Crippen LogP contribution in [0.4, 0.5) is 4.39 Å². The highest BCUT2D eigenvalue weighted by atomic mass is 19.1. The molecule has 1 atom stereocenters. The predicted molar refractivity (Wildman–Crippen MR) is 96.1 cm³/mol. The Hall–Kier alpha value is -2.45. The van der Waals surface area contributed by atoms with Crippen LogP contribution >= 0.6 is 0 Å². The predicted octanol–water partition coefficient (Wildman–Crippen LogP) is 1.79. The summed E-state index contributed by atoms with van der Waals surface area (Å²) in [4.78, 5) is 12.4. The number of ether oxygens (including phenoxy) is 2. The van der Waals surface area contributed by atoms with E-state index in [1.54, 1.807) is 6.07 Å². The third-order valence-corrected chi connectivity index (χ3v) is 4.92. The molecule has 3 heterocycles. The Morgan fingerprint density at radius 2 is 2.37 bits per heavy atom. The van der Waals surface area contributed by atoms with Crippen LogP contribution in [0.3, 0.4) is 0 Å². The number of halogens is 1. The van der Waals surface area contributed by atoms with Crippen LogP contribution in [0.5, 0.6) is 5.75 Å². The summed E-state index contributed by atoms with van der Waals surface area (Å²) in [5.74, 6) is 0.0991. The highest BCUT2D eigenvalue weighted by Crippen LogP contribution is 2.29. The fraction of sp³-hybridized carbons (Fsp3) is 0.474. The minimum absolute atomic E-state index is 0.158. The molecule has 2 aliphatic rings. The van der Waals surface area contributed by atoms with E-state index in [2.05, 4.69) is 15.7 Å². The van der Waals surface area contributed by atoms with Crippen molar-refractivity contribution >= 4 is 5.91 Å². The van der Waals surface area contributed by atoms with E-state index in [9.17, 15) is 9.18 Å². The molecule has 1 saturated heterocycles. The normalized spacial score (nSPS) is 19.2. The van der Waals surface area contributed by atoms with E-state index < -0.39 is 0 Å². The van der Waals surface area contributed by atoms with Crippen molar-refractivity contribution in [2.24, 2.45) is 0 Å². The number of carbonyl (C=O) groups is 1. The lowest BCUT2D eigenvalue weighted by Gasteiger charge is -2.22. The van der Waals surface area contributed by atoms with Gasteiger partial charge in [0, 0.05) is 24.8 Å². The van der Waals surface area contributed by atoms with E-state index in [-0.39, 0.29) is 18.5 Å². The number of piperidine rings is 1. The average Bonchev–Trinajstić information content (AvgIpc) is 3.19. The van der Waals surface area contributed by atoms with Gasteiger partial charge in [-0.15, -0.1) is 0 Å². The third kappa shape index (κ3) is 4.12. The van der Waals surface area contributed by atoms with Crippen LogP contribution in [0.25, 0.3) is 0 Å². The lowest BCUT2D eigenvalue weighted by Crippen LogP contribution is -2.32. The number of amides is 1. The van der Waals surface area contributed by atoms with Crippen LogP contribution in [-0.2, 0) is 17.8 Å². The van der Waals surface area contributed by atoms with Crippen molar-refractivity contribution < 1.29 is 18.7 Å². The second-order valence-electron chi connectivity index (χ2n) is 6.85. The summed E-state index contributed by atoms with van der Waals surface area (Å²) < 4.78 is 26.3. The topological polar surface area (TPSA) is 77.4 Å². The Morgan fingerprint density at radius 1 is 1.44 bits per heavy atom. The first-order valence-electron chi connectivity index (χ1n) is 9.26. The maximum atomic E-state index is 13.8. The van der Waals surface area contributed by atoms with Crippen molar-refractivity contribution in [1.29, 1.82) is 0 Å². The van der Waals surface area contributed by atoms with Crippen molar-refractivity contribution in [3.8, 4) is 5.75 Å². The largest absolute Gasteiger partial charge is 0.467 e. The summed E-state index contributed by atoms with van der Waals surface area (Å²) in [5, 5.41) is 10.6. The molecule has 2 N–H and O–H groups in total. The summed E-state index contributed by atoms with van der Waals surface area (Å²) in [6, 6.07) is 4.89. The summed E-state index contributed by atoms with van der Waals surface area (Å²) in [6.07, 6.45) is 4.49. The number of carbonyl (C=O) groups excluding carboxylic acids is 1. The van der Waals surface area contributed by atoms with Crippen LogP contribution in [0.2, 0.25) is 0 Å². The minimum Gasteiger partial charge on any atom is -0.467 e. The molecule has 0 saturated carbocycles. The number of fused-ring (bicyclic) bond motifs is 1. The molecule has 1 aromatic carbocycles. The van der Waals surface area contributed by atoms with Crippen molar-refractivity contribution in [2.45, 2.75) is 31.9 Å². The molecule has 2 aromatic rings. The molecule has 0 radical (unpaired) electrons. The van der Waals surface area contributed by atoms with Gasteiger partial charge in [0.2, 0.25) is 0 Å². The van der Waals surface area contributed by atoms with Gasteiger partial charge < -0.3 is 20.1 Å². The molecular weight excluding hydrogens is 351 g/mol. The Bertz CT molecular complexity index is 817. The van der Waals surface area contributed by atoms with Crippen LogP contribution in [0.1, 0.15) is 40.5 Å². The van der Waals surface area contributed by atoms with Gasteiger partial charge in [0.1, 0.15) is 17.3 Å². The molecule has 1 amide bonds. The Kier molecular flexibility index (Phi) is 5.35. The van der Waals surface area contributed by atoms with Gasteiger partial charge in [-0.3, -0.25) is 9.48 Å². The summed E-state index contributed by atoms with van der Waals surface area (Å²) in [6.45, 7) is 2.77. The van der Waals surface area contributed by atoms with E-state index in [0.717, 1.165) is 31.5 Å². The summed E-state index contributed by atoms with van der Waals surface area (Å²) in [5.41, 5.74) is 1.82. The Labute approximate surface area is 156 Å². The van der Waals surface area contributed by atoms with Gasteiger partial charge in [-0.1, -0.05) is 0 Å². The molecule has 1 unspecified atom stereocenters. The zero-order chi connectivity index (χ0) is 18.6. The highest BCUT2D eigenvalue weighted by molar-refractivity contribution is 5.92. The molecule has 1 aromatic heterocycles. The Balaban J connectivity index is 1.35. The monoisotopic (exact) mass is 374 g/mol. The smallest absolute Gasteiger partial charge is 0.271 e. The second-order valence-corrected chi connectivity index (χ2v) is 6.85. The fourth-order valence-corrected chi connectivity index (χ4v) is 3.57. The highest BCUT2D eigenvalue weighted by Gasteiger charge is 2.19. The molecule has 0 spiro atoms.